The van der Waals surface area contributed by atoms with E-state index in [9.17, 15) is 9.59 Å². The lowest BCUT2D eigenvalue weighted by Gasteiger charge is -2.34. The molecule has 1 aromatic carbocycles. The zero-order chi connectivity index (χ0) is 18.4. The topological polar surface area (TPSA) is 64.6 Å². The molecule has 1 saturated carbocycles. The number of rotatable bonds is 6. The van der Waals surface area contributed by atoms with E-state index in [0.717, 1.165) is 24.0 Å². The summed E-state index contributed by atoms with van der Waals surface area (Å²) in [6.07, 6.45) is 3.32. The van der Waals surface area contributed by atoms with Crippen LogP contribution >= 0.6 is 0 Å². The number of amides is 1. The number of carbonyl (C=O) groups is 2. The van der Waals surface area contributed by atoms with Crippen LogP contribution < -0.4 is 10.1 Å². The zero-order valence-electron chi connectivity index (χ0n) is 15.6. The highest BCUT2D eigenvalue weighted by Crippen LogP contribution is 2.29. The summed E-state index contributed by atoms with van der Waals surface area (Å²) in [6.45, 7) is 7.86. The summed E-state index contributed by atoms with van der Waals surface area (Å²) in [5.74, 6) is 0.892. The van der Waals surface area contributed by atoms with E-state index in [1.807, 2.05) is 32.0 Å². The number of hydrogen-bond donors (Lipinski definition) is 1. The summed E-state index contributed by atoms with van der Waals surface area (Å²) < 4.78 is 10.5. The normalized spacial score (nSPS) is 23.0. The Morgan fingerprint density at radius 1 is 1.08 bits per heavy atom. The van der Waals surface area contributed by atoms with E-state index < -0.39 is 5.97 Å². The fourth-order valence-electron chi connectivity index (χ4n) is 3.38. The molecule has 138 valence electrons. The van der Waals surface area contributed by atoms with Gasteiger partial charge in [-0.1, -0.05) is 32.8 Å². The van der Waals surface area contributed by atoms with Crippen LogP contribution in [0.1, 0.15) is 44.2 Å². The second kappa shape index (κ2) is 8.88. The predicted molar refractivity (Wildman–Crippen MR) is 96.5 cm³/mol. The largest absolute Gasteiger partial charge is 0.482 e. The molecule has 5 nitrogen and oxygen atoms in total. The summed E-state index contributed by atoms with van der Waals surface area (Å²) >= 11 is 0. The van der Waals surface area contributed by atoms with Crippen LogP contribution in [0.15, 0.2) is 18.2 Å². The van der Waals surface area contributed by atoms with E-state index in [2.05, 4.69) is 19.2 Å². The average molecular weight is 347 g/mol. The molecule has 0 bridgehead atoms. The second-order valence-corrected chi connectivity index (χ2v) is 7.21. The number of nitrogens with one attached hydrogen (secondary N) is 1. The summed E-state index contributed by atoms with van der Waals surface area (Å²) in [4.78, 5) is 23.8. The highest BCUT2D eigenvalue weighted by atomic mass is 16.6. The zero-order valence-corrected chi connectivity index (χ0v) is 15.6. The number of aryl methyl sites for hydroxylation is 2. The molecule has 1 N–H and O–H groups in total. The molecule has 25 heavy (non-hydrogen) atoms. The van der Waals surface area contributed by atoms with Crippen LogP contribution in [-0.4, -0.2) is 31.1 Å². The SMILES string of the molecule is Cc1cc(C)cc(OCC(=O)OCC(=O)N[C@@H]2CCC[C@@H](C)[C@@H]2C)c1. The molecular weight excluding hydrogens is 318 g/mol. The molecule has 0 saturated heterocycles. The number of benzene rings is 1. The molecule has 0 radical (unpaired) electrons. The average Bonchev–Trinajstić information content (AvgIpc) is 2.54. The third-order valence-corrected chi connectivity index (χ3v) is 4.97. The van der Waals surface area contributed by atoms with Crippen molar-refractivity contribution in [1.82, 2.24) is 5.32 Å². The van der Waals surface area contributed by atoms with Gasteiger partial charge in [0.25, 0.3) is 5.91 Å². The van der Waals surface area contributed by atoms with Gasteiger partial charge in [-0.2, -0.15) is 0 Å². The molecule has 1 aliphatic carbocycles. The van der Waals surface area contributed by atoms with Gasteiger partial charge in [0, 0.05) is 6.04 Å². The van der Waals surface area contributed by atoms with Crippen LogP contribution in [0.25, 0.3) is 0 Å². The quantitative estimate of drug-likeness (QED) is 0.803. The molecule has 5 heteroatoms. The first-order chi connectivity index (χ1) is 11.8. The summed E-state index contributed by atoms with van der Waals surface area (Å²) in [7, 11) is 0. The highest BCUT2D eigenvalue weighted by molar-refractivity contribution is 5.81. The first-order valence-electron chi connectivity index (χ1n) is 9.01. The first-order valence-corrected chi connectivity index (χ1v) is 9.01. The predicted octanol–water partition coefficient (Wildman–Crippen LogP) is 3.17. The lowest BCUT2D eigenvalue weighted by Crippen LogP contribution is -2.45. The van der Waals surface area contributed by atoms with Crippen LogP contribution in [0.5, 0.6) is 5.75 Å². The van der Waals surface area contributed by atoms with Crippen LogP contribution in [0.3, 0.4) is 0 Å². The number of esters is 1. The van der Waals surface area contributed by atoms with E-state index in [4.69, 9.17) is 9.47 Å². The van der Waals surface area contributed by atoms with Crippen molar-refractivity contribution < 1.29 is 19.1 Å². The number of carbonyl (C=O) groups excluding carboxylic acids is 2. The Labute approximate surface area is 150 Å². The van der Waals surface area contributed by atoms with Gasteiger partial charge < -0.3 is 14.8 Å². The second-order valence-electron chi connectivity index (χ2n) is 7.21. The van der Waals surface area contributed by atoms with E-state index in [1.165, 1.54) is 6.42 Å². The van der Waals surface area contributed by atoms with Gasteiger partial charge in [-0.15, -0.1) is 0 Å². The Balaban J connectivity index is 1.71. The lowest BCUT2D eigenvalue weighted by atomic mass is 9.78. The van der Waals surface area contributed by atoms with Crippen molar-refractivity contribution in [3.05, 3.63) is 29.3 Å². The monoisotopic (exact) mass is 347 g/mol. The third-order valence-electron chi connectivity index (χ3n) is 4.97. The van der Waals surface area contributed by atoms with Gasteiger partial charge in [-0.3, -0.25) is 4.79 Å². The van der Waals surface area contributed by atoms with Crippen LogP contribution in [-0.2, 0) is 14.3 Å². The molecule has 1 aliphatic rings. The number of hydrogen-bond acceptors (Lipinski definition) is 4. The van der Waals surface area contributed by atoms with Crippen molar-refractivity contribution in [2.75, 3.05) is 13.2 Å². The first kappa shape index (κ1) is 19.3. The van der Waals surface area contributed by atoms with Crippen molar-refractivity contribution in [2.45, 2.75) is 53.0 Å². The van der Waals surface area contributed by atoms with E-state index in [1.54, 1.807) is 0 Å². The van der Waals surface area contributed by atoms with E-state index in [0.29, 0.717) is 17.6 Å². The summed E-state index contributed by atoms with van der Waals surface area (Å²) in [5, 5.41) is 2.99. The molecule has 0 aromatic heterocycles. The third kappa shape index (κ3) is 6.07. The van der Waals surface area contributed by atoms with Gasteiger partial charge in [0.15, 0.2) is 13.2 Å². The summed E-state index contributed by atoms with van der Waals surface area (Å²) in [5.41, 5.74) is 2.14. The molecule has 1 aromatic rings. The van der Waals surface area contributed by atoms with Gasteiger partial charge in [0.1, 0.15) is 5.75 Å². The maximum Gasteiger partial charge on any atom is 0.344 e. The number of ether oxygens (including phenoxy) is 2. The maximum absolute atomic E-state index is 12.0. The molecule has 2 rings (SSSR count). The van der Waals surface area contributed by atoms with Gasteiger partial charge in [-0.05, 0) is 55.4 Å². The Kier molecular flexibility index (Phi) is 6.85. The van der Waals surface area contributed by atoms with Gasteiger partial charge in [0.05, 0.1) is 0 Å². The minimum Gasteiger partial charge on any atom is -0.482 e. The molecule has 0 spiro atoms. The molecular formula is C20H29NO4. The van der Waals surface area contributed by atoms with Crippen LogP contribution in [0.4, 0.5) is 0 Å². The Bertz CT molecular complexity index is 593. The molecule has 0 heterocycles. The van der Waals surface area contributed by atoms with Crippen molar-refractivity contribution in [3.63, 3.8) is 0 Å². The molecule has 1 amide bonds. The smallest absolute Gasteiger partial charge is 0.344 e. The fourth-order valence-corrected chi connectivity index (χ4v) is 3.38. The van der Waals surface area contributed by atoms with Crippen molar-refractivity contribution in [1.29, 1.82) is 0 Å². The van der Waals surface area contributed by atoms with Gasteiger partial charge in [-0.25, -0.2) is 4.79 Å². The maximum atomic E-state index is 12.0. The summed E-state index contributed by atoms with van der Waals surface area (Å²) in [6, 6.07) is 5.92. The fraction of sp³-hybridized carbons (Fsp3) is 0.600. The lowest BCUT2D eigenvalue weighted by molar-refractivity contribution is -0.150. The van der Waals surface area contributed by atoms with Crippen LogP contribution in [0.2, 0.25) is 0 Å². The Hall–Kier alpha value is -2.04. The van der Waals surface area contributed by atoms with Gasteiger partial charge >= 0.3 is 5.97 Å². The van der Waals surface area contributed by atoms with Gasteiger partial charge in [0.2, 0.25) is 0 Å². The molecule has 3 atom stereocenters. The van der Waals surface area contributed by atoms with Crippen molar-refractivity contribution >= 4 is 11.9 Å². The minimum atomic E-state index is -0.542. The Morgan fingerprint density at radius 2 is 1.76 bits per heavy atom. The molecule has 0 unspecified atom stereocenters. The van der Waals surface area contributed by atoms with E-state index in [-0.39, 0.29) is 25.2 Å². The minimum absolute atomic E-state index is 0.168. The van der Waals surface area contributed by atoms with Crippen LogP contribution in [0, 0.1) is 25.7 Å². The molecule has 1 fully saturated rings. The van der Waals surface area contributed by atoms with Crippen molar-refractivity contribution in [2.24, 2.45) is 11.8 Å². The Morgan fingerprint density at radius 3 is 2.44 bits per heavy atom. The highest BCUT2D eigenvalue weighted by Gasteiger charge is 2.28. The molecule has 0 aliphatic heterocycles. The van der Waals surface area contributed by atoms with Crippen molar-refractivity contribution in [3.8, 4) is 5.75 Å². The standard InChI is InChI=1S/C20H29NO4/c1-13-8-14(2)10-17(9-13)24-12-20(23)25-11-19(22)21-18-7-5-6-15(3)16(18)4/h8-10,15-16,18H,5-7,11-12H2,1-4H3,(H,21,22)/t15-,16+,18-/m1/s1. The van der Waals surface area contributed by atoms with E-state index >= 15 is 0 Å².